The Hall–Kier alpha value is -1.75. The van der Waals surface area contributed by atoms with Crippen molar-refractivity contribution in [2.24, 2.45) is 5.73 Å². The fraction of sp³-hybridized carbons (Fsp3) is 0.500. The number of benzene rings is 1. The molecule has 1 fully saturated rings. The Morgan fingerprint density at radius 2 is 2.11 bits per heavy atom. The van der Waals surface area contributed by atoms with Crippen LogP contribution < -0.4 is 16.8 Å². The molecule has 0 spiro atoms. The van der Waals surface area contributed by atoms with Gasteiger partial charge in [-0.1, -0.05) is 6.07 Å². The average molecular weight is 262 g/mol. The first kappa shape index (κ1) is 13.7. The van der Waals surface area contributed by atoms with E-state index in [2.05, 4.69) is 17.1 Å². The molecule has 1 amide bonds. The molecule has 0 aliphatic carbocycles. The molecular weight excluding hydrogens is 240 g/mol. The minimum atomic E-state index is -0.455. The second-order valence-corrected chi connectivity index (χ2v) is 5.19. The van der Waals surface area contributed by atoms with Gasteiger partial charge in [0.2, 0.25) is 0 Å². The number of nitrogens with one attached hydrogen (secondary N) is 1. The van der Waals surface area contributed by atoms with Crippen molar-refractivity contribution in [3.63, 3.8) is 0 Å². The molecule has 104 valence electrons. The van der Waals surface area contributed by atoms with Crippen LogP contribution >= 0.6 is 0 Å². The Morgan fingerprint density at radius 1 is 1.42 bits per heavy atom. The van der Waals surface area contributed by atoms with Gasteiger partial charge in [0.05, 0.1) is 16.9 Å². The van der Waals surface area contributed by atoms with Crippen molar-refractivity contribution in [3.8, 4) is 0 Å². The Morgan fingerprint density at radius 3 is 2.74 bits per heavy atom. The summed E-state index contributed by atoms with van der Waals surface area (Å²) >= 11 is 0. The third kappa shape index (κ3) is 3.38. The van der Waals surface area contributed by atoms with Crippen molar-refractivity contribution in [2.45, 2.75) is 25.8 Å². The van der Waals surface area contributed by atoms with Crippen molar-refractivity contribution >= 4 is 17.3 Å². The lowest BCUT2D eigenvalue weighted by Gasteiger charge is -2.23. The molecule has 0 saturated carbocycles. The summed E-state index contributed by atoms with van der Waals surface area (Å²) in [6, 6.07) is 5.44. The molecule has 5 nitrogen and oxygen atoms in total. The van der Waals surface area contributed by atoms with Crippen molar-refractivity contribution in [1.82, 2.24) is 4.90 Å². The second-order valence-electron chi connectivity index (χ2n) is 5.19. The van der Waals surface area contributed by atoms with Gasteiger partial charge in [-0.15, -0.1) is 0 Å². The average Bonchev–Trinajstić information content (AvgIpc) is 2.84. The number of hydrogen-bond donors (Lipinski definition) is 3. The number of carbonyl (C=O) groups excluding carboxylic acids is 1. The van der Waals surface area contributed by atoms with Crippen LogP contribution in [0.15, 0.2) is 18.2 Å². The van der Waals surface area contributed by atoms with Gasteiger partial charge in [0.15, 0.2) is 0 Å². The first-order valence-corrected chi connectivity index (χ1v) is 6.75. The first-order chi connectivity index (χ1) is 9.08. The molecule has 2 rings (SSSR count). The molecule has 1 atom stereocenters. The maximum absolute atomic E-state index is 11.4. The molecule has 5 N–H and O–H groups in total. The maximum Gasteiger partial charge on any atom is 0.250 e. The van der Waals surface area contributed by atoms with E-state index in [-0.39, 0.29) is 6.04 Å². The van der Waals surface area contributed by atoms with Crippen molar-refractivity contribution < 1.29 is 4.79 Å². The molecule has 1 unspecified atom stereocenters. The van der Waals surface area contributed by atoms with Gasteiger partial charge in [-0.3, -0.25) is 4.79 Å². The number of hydrogen-bond acceptors (Lipinski definition) is 4. The van der Waals surface area contributed by atoms with Gasteiger partial charge in [-0.25, -0.2) is 0 Å². The molecule has 1 heterocycles. The third-order valence-corrected chi connectivity index (χ3v) is 3.48. The summed E-state index contributed by atoms with van der Waals surface area (Å²) < 4.78 is 0. The van der Waals surface area contributed by atoms with Gasteiger partial charge in [0.1, 0.15) is 0 Å². The van der Waals surface area contributed by atoms with Crippen molar-refractivity contribution in [3.05, 3.63) is 23.8 Å². The van der Waals surface area contributed by atoms with E-state index in [0.717, 1.165) is 19.6 Å². The van der Waals surface area contributed by atoms with Gasteiger partial charge in [-0.2, -0.15) is 0 Å². The Kier molecular flexibility index (Phi) is 4.27. The summed E-state index contributed by atoms with van der Waals surface area (Å²) in [4.78, 5) is 13.8. The van der Waals surface area contributed by atoms with Gasteiger partial charge < -0.3 is 21.7 Å². The molecule has 1 aromatic rings. The first-order valence-electron chi connectivity index (χ1n) is 6.75. The summed E-state index contributed by atoms with van der Waals surface area (Å²) in [6.07, 6.45) is 2.54. The number of likely N-dealkylation sites (tertiary alicyclic amines) is 1. The predicted octanol–water partition coefficient (Wildman–Crippen LogP) is 1.26. The SMILES string of the molecule is CC(CN1CCCC1)Nc1c(N)cccc1C(N)=O. The largest absolute Gasteiger partial charge is 0.397 e. The number of nitrogen functional groups attached to an aromatic ring is 1. The fourth-order valence-corrected chi connectivity index (χ4v) is 2.58. The quantitative estimate of drug-likeness (QED) is 0.698. The smallest absolute Gasteiger partial charge is 0.250 e. The minimum absolute atomic E-state index is 0.223. The van der Waals surface area contributed by atoms with Crippen molar-refractivity contribution in [2.75, 3.05) is 30.7 Å². The van der Waals surface area contributed by atoms with Crippen LogP contribution in [0.5, 0.6) is 0 Å². The number of nitrogens with zero attached hydrogens (tertiary/aromatic N) is 1. The zero-order valence-electron chi connectivity index (χ0n) is 11.4. The minimum Gasteiger partial charge on any atom is -0.397 e. The van der Waals surface area contributed by atoms with E-state index >= 15 is 0 Å². The van der Waals surface area contributed by atoms with Crippen LogP contribution in [0.2, 0.25) is 0 Å². The lowest BCUT2D eigenvalue weighted by molar-refractivity contribution is 0.100. The highest BCUT2D eigenvalue weighted by atomic mass is 16.1. The van der Waals surface area contributed by atoms with Gasteiger partial charge in [0, 0.05) is 12.6 Å². The van der Waals surface area contributed by atoms with Crippen LogP contribution in [-0.4, -0.2) is 36.5 Å². The number of carbonyl (C=O) groups is 1. The normalized spacial score (nSPS) is 17.3. The van der Waals surface area contributed by atoms with Gasteiger partial charge in [0.25, 0.3) is 5.91 Å². The third-order valence-electron chi connectivity index (χ3n) is 3.48. The summed E-state index contributed by atoms with van der Waals surface area (Å²) in [7, 11) is 0. The van der Waals surface area contributed by atoms with Crippen LogP contribution in [0.25, 0.3) is 0 Å². The van der Waals surface area contributed by atoms with Crippen LogP contribution in [0, 0.1) is 0 Å². The Bertz CT molecular complexity index is 455. The number of nitrogens with two attached hydrogens (primary N) is 2. The fourth-order valence-electron chi connectivity index (χ4n) is 2.58. The van der Waals surface area contributed by atoms with E-state index in [9.17, 15) is 4.79 Å². The molecule has 5 heteroatoms. The molecule has 19 heavy (non-hydrogen) atoms. The van der Waals surface area contributed by atoms with Crippen molar-refractivity contribution in [1.29, 1.82) is 0 Å². The molecule has 1 saturated heterocycles. The molecular formula is C14H22N4O. The van der Waals surface area contributed by atoms with E-state index in [1.54, 1.807) is 18.2 Å². The maximum atomic E-state index is 11.4. The predicted molar refractivity (Wildman–Crippen MR) is 78.1 cm³/mol. The van der Waals surface area contributed by atoms with Crippen LogP contribution in [0.3, 0.4) is 0 Å². The summed E-state index contributed by atoms with van der Waals surface area (Å²) in [5.74, 6) is -0.455. The monoisotopic (exact) mass is 262 g/mol. The topological polar surface area (TPSA) is 84.4 Å². The van der Waals surface area contributed by atoms with Gasteiger partial charge in [-0.05, 0) is 45.0 Å². The van der Waals surface area contributed by atoms with E-state index < -0.39 is 5.91 Å². The molecule has 1 aromatic carbocycles. The standard InChI is InChI=1S/C14H22N4O/c1-10(9-18-7-2-3-8-18)17-13-11(14(16)19)5-4-6-12(13)15/h4-6,10,17H,2-3,7-9,15H2,1H3,(H2,16,19). The van der Waals surface area contributed by atoms with Gasteiger partial charge >= 0.3 is 0 Å². The van der Waals surface area contributed by atoms with E-state index in [4.69, 9.17) is 11.5 Å². The molecule has 0 radical (unpaired) electrons. The Labute approximate surface area is 113 Å². The molecule has 0 bridgehead atoms. The molecule has 0 aromatic heterocycles. The summed E-state index contributed by atoms with van der Waals surface area (Å²) in [6.45, 7) is 5.35. The van der Waals surface area contributed by atoms with E-state index in [1.165, 1.54) is 12.8 Å². The number of primary amides is 1. The van der Waals surface area contributed by atoms with E-state index in [1.807, 2.05) is 0 Å². The van der Waals surface area contributed by atoms with E-state index in [0.29, 0.717) is 16.9 Å². The number of rotatable bonds is 5. The number of para-hydroxylation sites is 1. The van der Waals surface area contributed by atoms with Crippen LogP contribution in [0.1, 0.15) is 30.1 Å². The highest BCUT2D eigenvalue weighted by Crippen LogP contribution is 2.24. The summed E-state index contributed by atoms with van der Waals surface area (Å²) in [5, 5.41) is 3.32. The highest BCUT2D eigenvalue weighted by Gasteiger charge is 2.17. The Balaban J connectivity index is 2.06. The van der Waals surface area contributed by atoms with Crippen LogP contribution in [-0.2, 0) is 0 Å². The zero-order valence-corrected chi connectivity index (χ0v) is 11.4. The lowest BCUT2D eigenvalue weighted by atomic mass is 10.1. The molecule has 1 aliphatic rings. The lowest BCUT2D eigenvalue weighted by Crippen LogP contribution is -2.33. The molecule has 1 aliphatic heterocycles. The van der Waals surface area contributed by atoms with Crippen LogP contribution in [0.4, 0.5) is 11.4 Å². The summed E-state index contributed by atoms with van der Waals surface area (Å²) in [5.41, 5.74) is 13.0. The highest BCUT2D eigenvalue weighted by molar-refractivity contribution is 6.01. The second kappa shape index (κ2) is 5.93. The zero-order chi connectivity index (χ0) is 13.8. The number of anilines is 2. The number of amides is 1.